The summed E-state index contributed by atoms with van der Waals surface area (Å²) in [6.07, 6.45) is 0. The highest BCUT2D eigenvalue weighted by molar-refractivity contribution is 9.11. The van der Waals surface area contributed by atoms with Gasteiger partial charge in [0.25, 0.3) is 5.91 Å². The van der Waals surface area contributed by atoms with Gasteiger partial charge in [-0.05, 0) is 41.9 Å². The average molecular weight is 320 g/mol. The molecule has 96 valence electrons. The minimum Gasteiger partial charge on any atom is -0.381 e. The predicted molar refractivity (Wildman–Crippen MR) is 74.4 cm³/mol. The van der Waals surface area contributed by atoms with Gasteiger partial charge in [-0.3, -0.25) is 4.79 Å². The lowest BCUT2D eigenvalue weighted by atomic mass is 9.91. The number of nitrogens with one attached hydrogen (secondary N) is 1. The van der Waals surface area contributed by atoms with Crippen LogP contribution in [-0.4, -0.2) is 23.2 Å². The van der Waals surface area contributed by atoms with E-state index in [9.17, 15) is 9.90 Å². The van der Waals surface area contributed by atoms with Crippen LogP contribution < -0.4 is 5.32 Å². The Morgan fingerprint density at radius 3 is 2.41 bits per heavy atom. The minimum absolute atomic E-state index is 0.141. The molecule has 0 unspecified atom stereocenters. The normalized spacial score (nSPS) is 12.6. The number of thiophene rings is 1. The van der Waals surface area contributed by atoms with Gasteiger partial charge in [-0.15, -0.1) is 11.3 Å². The Morgan fingerprint density at radius 2 is 2.00 bits per heavy atom. The zero-order valence-electron chi connectivity index (χ0n) is 10.5. The molecule has 0 aliphatic carbocycles. The van der Waals surface area contributed by atoms with E-state index in [0.29, 0.717) is 6.54 Å². The van der Waals surface area contributed by atoms with Crippen molar-refractivity contribution in [1.82, 2.24) is 5.32 Å². The van der Waals surface area contributed by atoms with Crippen molar-refractivity contribution in [2.45, 2.75) is 38.7 Å². The summed E-state index contributed by atoms with van der Waals surface area (Å²) < 4.78 is 1.08. The fourth-order valence-corrected chi connectivity index (χ4v) is 2.77. The van der Waals surface area contributed by atoms with Crippen LogP contribution >= 0.6 is 27.3 Å². The second kappa shape index (κ2) is 5.08. The molecule has 2 N–H and O–H groups in total. The van der Waals surface area contributed by atoms with E-state index in [-0.39, 0.29) is 11.3 Å². The van der Waals surface area contributed by atoms with Crippen LogP contribution in [-0.2, 0) is 10.2 Å². The van der Waals surface area contributed by atoms with Gasteiger partial charge in [-0.25, -0.2) is 0 Å². The Labute approximate surface area is 114 Å². The van der Waals surface area contributed by atoms with E-state index in [2.05, 4.69) is 35.1 Å². The van der Waals surface area contributed by atoms with Gasteiger partial charge < -0.3 is 10.4 Å². The van der Waals surface area contributed by atoms with Crippen molar-refractivity contribution in [2.75, 3.05) is 6.54 Å². The van der Waals surface area contributed by atoms with Crippen LogP contribution in [0.2, 0.25) is 0 Å². The topological polar surface area (TPSA) is 49.3 Å². The summed E-state index contributed by atoms with van der Waals surface area (Å²) >= 11 is 5.08. The van der Waals surface area contributed by atoms with Crippen molar-refractivity contribution >= 4 is 33.2 Å². The molecule has 0 aliphatic heterocycles. The van der Waals surface area contributed by atoms with E-state index in [1.807, 2.05) is 12.1 Å². The van der Waals surface area contributed by atoms with Crippen molar-refractivity contribution in [3.63, 3.8) is 0 Å². The van der Waals surface area contributed by atoms with Crippen LogP contribution in [0.4, 0.5) is 0 Å². The maximum absolute atomic E-state index is 11.6. The molecule has 0 atom stereocenters. The number of hydrogen-bond donors (Lipinski definition) is 2. The second-order valence-electron chi connectivity index (χ2n) is 5.23. The molecule has 0 spiro atoms. The Balaban J connectivity index is 2.65. The van der Waals surface area contributed by atoms with E-state index in [1.54, 1.807) is 11.3 Å². The van der Waals surface area contributed by atoms with Crippen LogP contribution in [0.5, 0.6) is 0 Å². The number of hydrogen-bond acceptors (Lipinski definition) is 3. The van der Waals surface area contributed by atoms with E-state index < -0.39 is 5.60 Å². The average Bonchev–Trinajstić information content (AvgIpc) is 2.60. The molecule has 0 fully saturated rings. The standard InChI is InChI=1S/C12H18BrNO2S/c1-11(2,8-5-6-9(13)17-8)7-14-10(15)12(3,4)16/h5-6,16H,7H2,1-4H3,(H,14,15). The molecule has 0 aromatic carbocycles. The van der Waals surface area contributed by atoms with Crippen LogP contribution in [0.25, 0.3) is 0 Å². The molecule has 0 radical (unpaired) electrons. The molecule has 17 heavy (non-hydrogen) atoms. The van der Waals surface area contributed by atoms with Gasteiger partial charge in [0.1, 0.15) is 5.60 Å². The van der Waals surface area contributed by atoms with Crippen molar-refractivity contribution in [1.29, 1.82) is 0 Å². The highest BCUT2D eigenvalue weighted by atomic mass is 79.9. The molecular weight excluding hydrogens is 302 g/mol. The van der Waals surface area contributed by atoms with Crippen molar-refractivity contribution in [2.24, 2.45) is 0 Å². The van der Waals surface area contributed by atoms with Crippen LogP contribution in [0, 0.1) is 0 Å². The molecule has 0 bridgehead atoms. The van der Waals surface area contributed by atoms with E-state index in [0.717, 1.165) is 3.79 Å². The summed E-state index contributed by atoms with van der Waals surface area (Å²) in [4.78, 5) is 12.8. The number of halogens is 1. The van der Waals surface area contributed by atoms with Crippen molar-refractivity contribution < 1.29 is 9.90 Å². The molecular formula is C12H18BrNO2S. The van der Waals surface area contributed by atoms with E-state index in [1.165, 1.54) is 18.7 Å². The summed E-state index contributed by atoms with van der Waals surface area (Å²) in [6.45, 7) is 7.60. The molecule has 0 saturated carbocycles. The monoisotopic (exact) mass is 319 g/mol. The Kier molecular flexibility index (Phi) is 4.38. The maximum atomic E-state index is 11.6. The second-order valence-corrected chi connectivity index (χ2v) is 7.69. The van der Waals surface area contributed by atoms with Crippen molar-refractivity contribution in [3.05, 3.63) is 20.8 Å². The molecule has 3 nitrogen and oxygen atoms in total. The molecule has 1 aromatic rings. The largest absolute Gasteiger partial charge is 0.381 e. The first-order chi connectivity index (χ1) is 7.63. The third kappa shape index (κ3) is 4.08. The quantitative estimate of drug-likeness (QED) is 0.896. The van der Waals surface area contributed by atoms with Gasteiger partial charge in [0.15, 0.2) is 0 Å². The summed E-state index contributed by atoms with van der Waals surface area (Å²) in [5.41, 5.74) is -1.47. The lowest BCUT2D eigenvalue weighted by Gasteiger charge is -2.26. The third-order valence-electron chi connectivity index (χ3n) is 2.49. The number of carbonyl (C=O) groups is 1. The lowest BCUT2D eigenvalue weighted by Crippen LogP contribution is -2.46. The smallest absolute Gasteiger partial charge is 0.251 e. The van der Waals surface area contributed by atoms with Gasteiger partial charge in [-0.1, -0.05) is 13.8 Å². The fourth-order valence-electron chi connectivity index (χ4n) is 1.28. The van der Waals surface area contributed by atoms with E-state index in [4.69, 9.17) is 0 Å². The highest BCUT2D eigenvalue weighted by Gasteiger charge is 2.28. The van der Waals surface area contributed by atoms with Gasteiger partial charge in [-0.2, -0.15) is 0 Å². The zero-order valence-corrected chi connectivity index (χ0v) is 12.9. The van der Waals surface area contributed by atoms with Gasteiger partial charge in [0, 0.05) is 16.8 Å². The zero-order chi connectivity index (χ0) is 13.3. The maximum Gasteiger partial charge on any atom is 0.251 e. The molecule has 0 saturated heterocycles. The molecule has 1 heterocycles. The molecule has 1 aromatic heterocycles. The molecule has 1 rings (SSSR count). The lowest BCUT2D eigenvalue weighted by molar-refractivity contribution is -0.136. The molecule has 5 heteroatoms. The number of carbonyl (C=O) groups excluding carboxylic acids is 1. The SMILES string of the molecule is CC(C)(O)C(=O)NCC(C)(C)c1ccc(Br)s1. The van der Waals surface area contributed by atoms with E-state index >= 15 is 0 Å². The third-order valence-corrected chi connectivity index (χ3v) is 4.48. The Morgan fingerprint density at radius 1 is 1.41 bits per heavy atom. The first kappa shape index (κ1) is 14.7. The first-order valence-corrected chi connectivity index (χ1v) is 7.00. The number of aliphatic hydroxyl groups is 1. The van der Waals surface area contributed by atoms with Gasteiger partial charge in [0.05, 0.1) is 3.79 Å². The van der Waals surface area contributed by atoms with Crippen LogP contribution in [0.3, 0.4) is 0 Å². The molecule has 0 aliphatic rings. The minimum atomic E-state index is -1.33. The number of rotatable bonds is 4. The Bertz CT molecular complexity index is 407. The highest BCUT2D eigenvalue weighted by Crippen LogP contribution is 2.32. The van der Waals surface area contributed by atoms with Crippen LogP contribution in [0.15, 0.2) is 15.9 Å². The number of amides is 1. The summed E-state index contributed by atoms with van der Waals surface area (Å²) in [5.74, 6) is -0.346. The summed E-state index contributed by atoms with van der Waals surface area (Å²) in [7, 11) is 0. The first-order valence-electron chi connectivity index (χ1n) is 5.39. The van der Waals surface area contributed by atoms with Gasteiger partial charge in [0.2, 0.25) is 0 Å². The van der Waals surface area contributed by atoms with Gasteiger partial charge >= 0.3 is 0 Å². The predicted octanol–water partition coefficient (Wildman–Crippen LogP) is 2.68. The Hall–Kier alpha value is -0.390. The van der Waals surface area contributed by atoms with Crippen molar-refractivity contribution in [3.8, 4) is 0 Å². The fraction of sp³-hybridized carbons (Fsp3) is 0.583. The summed E-state index contributed by atoms with van der Waals surface area (Å²) in [5, 5.41) is 12.3. The molecule has 1 amide bonds. The summed E-state index contributed by atoms with van der Waals surface area (Å²) in [6, 6.07) is 4.05. The van der Waals surface area contributed by atoms with Crippen LogP contribution in [0.1, 0.15) is 32.6 Å².